The zero-order valence-electron chi connectivity index (χ0n) is 10.9. The van der Waals surface area contributed by atoms with Crippen molar-refractivity contribution in [1.82, 2.24) is 0 Å². The van der Waals surface area contributed by atoms with E-state index < -0.39 is 0 Å². The van der Waals surface area contributed by atoms with Crippen molar-refractivity contribution >= 4 is 18.3 Å². The average Bonchev–Trinajstić information content (AvgIpc) is 2.44. The van der Waals surface area contributed by atoms with Crippen LogP contribution >= 0.6 is 0 Å². The maximum Gasteiger partial charge on any atom is 0.381 e. The Morgan fingerprint density at radius 2 is 1.94 bits per heavy atom. The fourth-order valence-corrected chi connectivity index (χ4v) is 1.50. The van der Waals surface area contributed by atoms with Gasteiger partial charge in [0.2, 0.25) is 0 Å². The molecule has 1 amide bonds. The number of carbonyl (C=O) groups is 2. The lowest BCUT2D eigenvalue weighted by molar-refractivity contribution is -1.02. The average molecular weight is 248 g/mol. The third-order valence-electron chi connectivity index (χ3n) is 2.93. The Bertz CT molecular complexity index is 447. The number of hydrogen-bond donors (Lipinski definition) is 0. The molecule has 0 aliphatic rings. The number of amides is 1. The van der Waals surface area contributed by atoms with Gasteiger partial charge in [-0.15, -0.1) is 4.65 Å². The molecule has 1 rings (SSSR count). The number of nitrogens with zero attached hydrogens (tertiary/aromatic N) is 1. The molecule has 0 saturated carbocycles. The van der Waals surface area contributed by atoms with E-state index in [0.29, 0.717) is 12.8 Å². The summed E-state index contributed by atoms with van der Waals surface area (Å²) >= 11 is 0. The topological polar surface area (TPSA) is 43.4 Å². The van der Waals surface area contributed by atoms with Crippen molar-refractivity contribution < 1.29 is 19.1 Å². The highest BCUT2D eigenvalue weighted by Gasteiger charge is 2.34. The van der Waals surface area contributed by atoms with Gasteiger partial charge in [-0.2, -0.15) is 4.84 Å². The number of hydrogen-bond acceptors (Lipinski definition) is 3. The summed E-state index contributed by atoms with van der Waals surface area (Å²) in [6.07, 6.45) is 2.14. The van der Waals surface area contributed by atoms with Gasteiger partial charge in [-0.25, -0.2) is 4.79 Å². The number of aldehydes is 1. The summed E-state index contributed by atoms with van der Waals surface area (Å²) in [5.74, 6) is -0.348. The van der Waals surface area contributed by atoms with Gasteiger partial charge in [0.15, 0.2) is 6.29 Å². The molecule has 0 fully saturated rings. The van der Waals surface area contributed by atoms with E-state index in [1.165, 1.54) is 7.11 Å². The van der Waals surface area contributed by atoms with Crippen molar-refractivity contribution in [2.24, 2.45) is 0 Å². The summed E-state index contributed by atoms with van der Waals surface area (Å²) in [7, 11) is 3.08. The summed E-state index contributed by atoms with van der Waals surface area (Å²) in [5, 5.41) is 0. The highest BCUT2D eigenvalue weighted by atomic mass is 16.7. The van der Waals surface area contributed by atoms with Gasteiger partial charge in [0.1, 0.15) is 19.2 Å². The molecule has 0 aliphatic carbocycles. The lowest BCUT2D eigenvalue weighted by atomic mass is 10.1. The first-order chi connectivity index (χ1) is 8.57. The van der Waals surface area contributed by atoms with E-state index in [9.17, 15) is 9.59 Å². The van der Waals surface area contributed by atoms with Gasteiger partial charge in [-0.3, -0.25) is 4.79 Å². The fourth-order valence-electron chi connectivity index (χ4n) is 1.50. The molecule has 1 aromatic rings. The molecule has 4 heteroatoms. The Kier molecular flexibility index (Phi) is 4.95. The van der Waals surface area contributed by atoms with Gasteiger partial charge in [0.25, 0.3) is 0 Å². The number of rotatable bonds is 5. The molecule has 4 nitrogen and oxygen atoms in total. The van der Waals surface area contributed by atoms with Crippen LogP contribution in [-0.4, -0.2) is 37.5 Å². The molecule has 0 radical (unpaired) electrons. The lowest BCUT2D eigenvalue weighted by Gasteiger charge is -2.25. The summed E-state index contributed by atoms with van der Waals surface area (Å²) in [5.41, 5.74) is 0.916. The van der Waals surface area contributed by atoms with Crippen molar-refractivity contribution in [3.05, 3.63) is 41.5 Å². The highest BCUT2D eigenvalue weighted by Crippen LogP contribution is 2.13. The van der Waals surface area contributed by atoms with Gasteiger partial charge < -0.3 is 0 Å². The molecule has 0 spiro atoms. The van der Waals surface area contributed by atoms with E-state index in [0.717, 1.165) is 5.56 Å². The Morgan fingerprint density at radius 3 is 2.39 bits per heavy atom. The summed E-state index contributed by atoms with van der Waals surface area (Å²) in [6.45, 7) is 2.28. The first kappa shape index (κ1) is 14.3. The number of likely N-dealkylation sites (N-methyl/N-ethyl adjacent to an activating group) is 1. The van der Waals surface area contributed by atoms with E-state index >= 15 is 0 Å². The zero-order chi connectivity index (χ0) is 13.6. The molecule has 0 aliphatic heterocycles. The van der Waals surface area contributed by atoms with Crippen molar-refractivity contribution in [1.29, 1.82) is 0 Å². The monoisotopic (exact) mass is 248 g/mol. The SMILES string of the molecule is CC[N+](C)(OC)C(=O)C(C=O)=Cc1ccccc1. The first-order valence-electron chi connectivity index (χ1n) is 5.75. The predicted molar refractivity (Wildman–Crippen MR) is 69.2 cm³/mol. The van der Waals surface area contributed by atoms with Crippen LogP contribution < -0.4 is 0 Å². The minimum Gasteiger partial charge on any atom is -0.297 e. The second-order valence-corrected chi connectivity index (χ2v) is 4.03. The van der Waals surface area contributed by atoms with Crippen molar-refractivity contribution in [3.63, 3.8) is 0 Å². The van der Waals surface area contributed by atoms with Crippen LogP contribution in [0.3, 0.4) is 0 Å². The summed E-state index contributed by atoms with van der Waals surface area (Å²) in [4.78, 5) is 28.4. The smallest absolute Gasteiger partial charge is 0.297 e. The largest absolute Gasteiger partial charge is 0.381 e. The maximum atomic E-state index is 12.2. The number of quaternary nitrogens is 1. The summed E-state index contributed by atoms with van der Waals surface area (Å²) in [6, 6.07) is 9.24. The fraction of sp³-hybridized carbons (Fsp3) is 0.286. The number of benzene rings is 1. The minimum atomic E-state index is -0.348. The Hall–Kier alpha value is -1.78. The quantitative estimate of drug-likeness (QED) is 0.199. The Balaban J connectivity index is 3.08. The van der Waals surface area contributed by atoms with E-state index in [4.69, 9.17) is 4.84 Å². The third kappa shape index (κ3) is 3.12. The van der Waals surface area contributed by atoms with Crippen molar-refractivity contribution in [3.8, 4) is 0 Å². The lowest BCUT2D eigenvalue weighted by Crippen LogP contribution is -2.49. The van der Waals surface area contributed by atoms with E-state index in [2.05, 4.69) is 0 Å². The van der Waals surface area contributed by atoms with Crippen LogP contribution in [0.2, 0.25) is 0 Å². The van der Waals surface area contributed by atoms with Gasteiger partial charge in [0, 0.05) is 0 Å². The van der Waals surface area contributed by atoms with E-state index in [-0.39, 0.29) is 16.1 Å². The zero-order valence-corrected chi connectivity index (χ0v) is 10.9. The molecule has 96 valence electrons. The summed E-state index contributed by atoms with van der Waals surface area (Å²) < 4.78 is -0.253. The molecule has 1 atom stereocenters. The molecule has 0 bridgehead atoms. The predicted octanol–water partition coefficient (Wildman–Crippen LogP) is 1.82. The van der Waals surface area contributed by atoms with Gasteiger partial charge in [0.05, 0.1) is 7.11 Å². The molecule has 0 heterocycles. The third-order valence-corrected chi connectivity index (χ3v) is 2.93. The van der Waals surface area contributed by atoms with Crippen LogP contribution in [0.15, 0.2) is 35.9 Å². The van der Waals surface area contributed by atoms with Crippen LogP contribution in [0.5, 0.6) is 0 Å². The molecular weight excluding hydrogens is 230 g/mol. The van der Waals surface area contributed by atoms with Crippen molar-refractivity contribution in [2.45, 2.75) is 6.92 Å². The van der Waals surface area contributed by atoms with E-state index in [1.54, 1.807) is 13.1 Å². The van der Waals surface area contributed by atoms with Crippen LogP contribution in [0, 0.1) is 0 Å². The van der Waals surface area contributed by atoms with Crippen LogP contribution in [0.4, 0.5) is 0 Å². The second kappa shape index (κ2) is 6.23. The minimum absolute atomic E-state index is 0.104. The van der Waals surface area contributed by atoms with Crippen LogP contribution in [-0.2, 0) is 14.4 Å². The van der Waals surface area contributed by atoms with Crippen molar-refractivity contribution in [2.75, 3.05) is 20.7 Å². The molecule has 0 saturated heterocycles. The standard InChI is InChI=1S/C14H18NO3/c1-4-15(2,18-3)14(17)13(11-16)10-12-8-6-5-7-9-12/h5-11H,4H2,1-3H3/q+1. The van der Waals surface area contributed by atoms with E-state index in [1.807, 2.05) is 37.3 Å². The second-order valence-electron chi connectivity index (χ2n) is 4.03. The Morgan fingerprint density at radius 1 is 1.33 bits per heavy atom. The van der Waals surface area contributed by atoms with Crippen LogP contribution in [0.25, 0.3) is 6.08 Å². The van der Waals surface area contributed by atoms with Crippen LogP contribution in [0.1, 0.15) is 12.5 Å². The molecule has 1 unspecified atom stereocenters. The van der Waals surface area contributed by atoms with Gasteiger partial charge >= 0.3 is 5.91 Å². The molecule has 18 heavy (non-hydrogen) atoms. The molecule has 0 aromatic heterocycles. The van der Waals surface area contributed by atoms with Gasteiger partial charge in [-0.05, 0) is 18.6 Å². The Labute approximate surface area is 107 Å². The normalized spacial score (nSPS) is 14.9. The molecule has 1 aromatic carbocycles. The number of hydroxylamine groups is 3. The number of carbonyl (C=O) groups excluding carboxylic acids is 2. The first-order valence-corrected chi connectivity index (χ1v) is 5.75. The molecular formula is C14H18NO3+. The van der Waals surface area contributed by atoms with Gasteiger partial charge in [-0.1, -0.05) is 30.3 Å². The maximum absolute atomic E-state index is 12.2. The highest BCUT2D eigenvalue weighted by molar-refractivity contribution is 6.11. The molecule has 0 N–H and O–H groups in total.